The summed E-state index contributed by atoms with van der Waals surface area (Å²) in [5.41, 5.74) is 3.42. The molecule has 2 aromatic rings. The number of nitrogens with zero attached hydrogens (tertiary/aromatic N) is 5. The summed E-state index contributed by atoms with van der Waals surface area (Å²) < 4.78 is 0. The molecule has 0 aliphatic carbocycles. The highest BCUT2D eigenvalue weighted by Crippen LogP contribution is 2.12. The Bertz CT molecular complexity index is 455. The molecule has 0 unspecified atom stereocenters. The first-order chi connectivity index (χ1) is 6.85. The van der Waals surface area contributed by atoms with E-state index in [1.165, 1.54) is 6.33 Å². The number of hydrazine groups is 1. The van der Waals surface area contributed by atoms with Crippen molar-refractivity contribution < 1.29 is 0 Å². The molecular weight excluding hydrogens is 182 g/mol. The van der Waals surface area contributed by atoms with E-state index in [0.29, 0.717) is 29.2 Å². The Morgan fingerprint density at radius 2 is 2.21 bits per heavy atom. The van der Waals surface area contributed by atoms with Gasteiger partial charge in [-0.3, -0.25) is 0 Å². The van der Waals surface area contributed by atoms with Gasteiger partial charge in [0.1, 0.15) is 6.33 Å². The minimum Gasteiger partial charge on any atom is -0.306 e. The number of aryl methyl sites for hydroxylation is 1. The largest absolute Gasteiger partial charge is 0.306 e. The molecule has 2 aromatic heterocycles. The second kappa shape index (κ2) is 3.46. The van der Waals surface area contributed by atoms with Gasteiger partial charge in [-0.15, -0.1) is 10.2 Å². The van der Waals surface area contributed by atoms with Crippen molar-refractivity contribution in [1.29, 1.82) is 0 Å². The molecule has 0 saturated carbocycles. The summed E-state index contributed by atoms with van der Waals surface area (Å²) in [6, 6.07) is 0. The third-order valence-corrected chi connectivity index (χ3v) is 1.76. The predicted molar refractivity (Wildman–Crippen MR) is 50.1 cm³/mol. The van der Waals surface area contributed by atoms with Gasteiger partial charge in [-0.05, 0) is 0 Å². The van der Waals surface area contributed by atoms with E-state index < -0.39 is 0 Å². The molecule has 0 aromatic carbocycles. The zero-order valence-corrected chi connectivity index (χ0v) is 7.60. The quantitative estimate of drug-likeness (QED) is 0.494. The second-order valence-corrected chi connectivity index (χ2v) is 2.62. The van der Waals surface area contributed by atoms with Gasteiger partial charge >= 0.3 is 0 Å². The van der Waals surface area contributed by atoms with Crippen LogP contribution in [0, 0.1) is 0 Å². The molecule has 0 bridgehead atoms. The number of nitrogens with one attached hydrogen (secondary N) is 1. The Balaban J connectivity index is 2.70. The maximum Gasteiger partial charge on any atom is 0.205 e. The summed E-state index contributed by atoms with van der Waals surface area (Å²) in [6.45, 7) is 1.95. The smallest absolute Gasteiger partial charge is 0.205 e. The molecule has 0 saturated heterocycles. The summed E-state index contributed by atoms with van der Waals surface area (Å²) in [5.74, 6) is 6.38. The lowest BCUT2D eigenvalue weighted by atomic mass is 10.4. The number of anilines is 1. The highest BCUT2D eigenvalue weighted by atomic mass is 15.3. The molecule has 14 heavy (non-hydrogen) atoms. The summed E-state index contributed by atoms with van der Waals surface area (Å²) >= 11 is 0. The lowest BCUT2D eigenvalue weighted by Crippen LogP contribution is -2.11. The van der Waals surface area contributed by atoms with Gasteiger partial charge in [0, 0.05) is 6.42 Å². The molecule has 0 atom stereocenters. The van der Waals surface area contributed by atoms with Crippen molar-refractivity contribution in [3.8, 4) is 0 Å². The zero-order valence-electron chi connectivity index (χ0n) is 7.60. The van der Waals surface area contributed by atoms with Crippen LogP contribution in [0.15, 0.2) is 6.33 Å². The third-order valence-electron chi connectivity index (χ3n) is 1.76. The first kappa shape index (κ1) is 8.70. The Morgan fingerprint density at radius 3 is 2.93 bits per heavy atom. The first-order valence-electron chi connectivity index (χ1n) is 4.16. The van der Waals surface area contributed by atoms with Crippen LogP contribution < -0.4 is 11.3 Å². The van der Waals surface area contributed by atoms with Crippen LogP contribution in [0.5, 0.6) is 0 Å². The van der Waals surface area contributed by atoms with Crippen molar-refractivity contribution in [1.82, 2.24) is 25.1 Å². The van der Waals surface area contributed by atoms with Gasteiger partial charge in [0.25, 0.3) is 0 Å². The van der Waals surface area contributed by atoms with E-state index in [9.17, 15) is 0 Å². The Morgan fingerprint density at radius 1 is 1.36 bits per heavy atom. The molecule has 2 rings (SSSR count). The molecule has 0 radical (unpaired) electrons. The number of hydrogen-bond donors (Lipinski definition) is 2. The van der Waals surface area contributed by atoms with Crippen LogP contribution in [-0.2, 0) is 6.42 Å². The van der Waals surface area contributed by atoms with Gasteiger partial charge in [-0.2, -0.15) is 0 Å². The Kier molecular flexibility index (Phi) is 2.15. The summed E-state index contributed by atoms with van der Waals surface area (Å²) in [4.78, 5) is 12.1. The molecule has 0 spiro atoms. The van der Waals surface area contributed by atoms with Gasteiger partial charge in [0.2, 0.25) is 5.65 Å². The van der Waals surface area contributed by atoms with E-state index in [2.05, 4.69) is 30.6 Å². The molecule has 72 valence electrons. The van der Waals surface area contributed by atoms with Crippen LogP contribution >= 0.6 is 0 Å². The van der Waals surface area contributed by atoms with Crippen molar-refractivity contribution in [2.24, 2.45) is 5.84 Å². The fourth-order valence-corrected chi connectivity index (χ4v) is 1.06. The monoisotopic (exact) mass is 191 g/mol. The topological polar surface area (TPSA) is 102 Å². The van der Waals surface area contributed by atoms with Crippen molar-refractivity contribution in [3.05, 3.63) is 12.2 Å². The molecule has 0 aliphatic rings. The Hall–Kier alpha value is -1.89. The van der Waals surface area contributed by atoms with E-state index in [-0.39, 0.29) is 0 Å². The van der Waals surface area contributed by atoms with Crippen LogP contribution in [0.3, 0.4) is 0 Å². The highest BCUT2D eigenvalue weighted by Gasteiger charge is 2.06. The minimum atomic E-state index is 0.435. The number of aromatic nitrogens is 5. The standard InChI is InChI=1S/C7H9N7/c1-2-4-11-5-6(12-8)9-3-10-7(5)14-13-4/h3H,2,8H2,1H3,(H,9,10,12,14). The zero-order chi connectivity index (χ0) is 9.97. The molecule has 7 nitrogen and oxygen atoms in total. The van der Waals surface area contributed by atoms with E-state index in [1.54, 1.807) is 0 Å². The highest BCUT2D eigenvalue weighted by molar-refractivity contribution is 5.80. The minimum absolute atomic E-state index is 0.435. The number of fused-ring (bicyclic) bond motifs is 1. The van der Waals surface area contributed by atoms with Crippen molar-refractivity contribution in [2.45, 2.75) is 13.3 Å². The molecule has 2 heterocycles. The maximum absolute atomic E-state index is 5.28. The lowest BCUT2D eigenvalue weighted by molar-refractivity contribution is 0.869. The molecule has 7 heteroatoms. The fraction of sp³-hybridized carbons (Fsp3) is 0.286. The van der Waals surface area contributed by atoms with Crippen LogP contribution in [0.1, 0.15) is 12.7 Å². The van der Waals surface area contributed by atoms with Crippen molar-refractivity contribution in [2.75, 3.05) is 5.43 Å². The normalized spacial score (nSPS) is 10.4. The molecule has 3 N–H and O–H groups in total. The van der Waals surface area contributed by atoms with Crippen molar-refractivity contribution in [3.63, 3.8) is 0 Å². The third kappa shape index (κ3) is 1.33. The molecular formula is C7H9N7. The van der Waals surface area contributed by atoms with E-state index in [0.717, 1.165) is 0 Å². The van der Waals surface area contributed by atoms with Gasteiger partial charge < -0.3 is 5.43 Å². The van der Waals surface area contributed by atoms with E-state index in [4.69, 9.17) is 5.84 Å². The number of nitrogen functional groups attached to an aromatic ring is 1. The maximum atomic E-state index is 5.28. The average molecular weight is 191 g/mol. The predicted octanol–water partition coefficient (Wildman–Crippen LogP) is -0.337. The van der Waals surface area contributed by atoms with Crippen LogP contribution in [0.2, 0.25) is 0 Å². The van der Waals surface area contributed by atoms with Gasteiger partial charge in [0.15, 0.2) is 17.2 Å². The first-order valence-corrected chi connectivity index (χ1v) is 4.16. The molecule has 0 amide bonds. The lowest BCUT2D eigenvalue weighted by Gasteiger charge is -2.02. The Labute approximate surface area is 79.8 Å². The van der Waals surface area contributed by atoms with Gasteiger partial charge in [0.05, 0.1) is 0 Å². The average Bonchev–Trinajstić information content (AvgIpc) is 2.27. The molecule has 0 aliphatic heterocycles. The van der Waals surface area contributed by atoms with Crippen LogP contribution in [-0.4, -0.2) is 25.1 Å². The number of nitrogens with two attached hydrogens (primary N) is 1. The number of hydrogen-bond acceptors (Lipinski definition) is 7. The van der Waals surface area contributed by atoms with Crippen LogP contribution in [0.4, 0.5) is 5.82 Å². The number of rotatable bonds is 2. The summed E-state index contributed by atoms with van der Waals surface area (Å²) in [7, 11) is 0. The molecule has 0 fully saturated rings. The van der Waals surface area contributed by atoms with E-state index in [1.807, 2.05) is 6.92 Å². The summed E-state index contributed by atoms with van der Waals surface area (Å²) in [6.07, 6.45) is 2.07. The van der Waals surface area contributed by atoms with Crippen LogP contribution in [0.25, 0.3) is 11.2 Å². The van der Waals surface area contributed by atoms with Crippen molar-refractivity contribution >= 4 is 17.0 Å². The summed E-state index contributed by atoms with van der Waals surface area (Å²) in [5, 5.41) is 7.78. The van der Waals surface area contributed by atoms with Gasteiger partial charge in [-0.1, -0.05) is 6.92 Å². The van der Waals surface area contributed by atoms with Gasteiger partial charge in [-0.25, -0.2) is 20.8 Å². The van der Waals surface area contributed by atoms with E-state index >= 15 is 0 Å². The second-order valence-electron chi connectivity index (χ2n) is 2.62. The SMILES string of the molecule is CCc1nnc2ncnc(NN)c2n1. The fourth-order valence-electron chi connectivity index (χ4n) is 1.06.